The molecule has 1 atom stereocenters. The number of nitrogens with zero attached hydrogens (tertiary/aromatic N) is 1. The molecule has 1 amide bonds. The van der Waals surface area contributed by atoms with Crippen molar-refractivity contribution in [3.63, 3.8) is 0 Å². The third kappa shape index (κ3) is 3.20. The van der Waals surface area contributed by atoms with Gasteiger partial charge in [0.25, 0.3) is 0 Å². The SMILES string of the molecule is Cc1cc(NC(=O)CC(C)c2ccccc2)n[nH]1. The summed E-state index contributed by atoms with van der Waals surface area (Å²) in [5.41, 5.74) is 2.10. The van der Waals surface area contributed by atoms with Crippen LogP contribution in [-0.4, -0.2) is 16.1 Å². The van der Waals surface area contributed by atoms with Crippen LogP contribution in [0.3, 0.4) is 0 Å². The predicted octanol–water partition coefficient (Wildman–Crippen LogP) is 2.85. The Hall–Kier alpha value is -2.10. The predicted molar refractivity (Wildman–Crippen MR) is 71.4 cm³/mol. The first-order valence-electron chi connectivity index (χ1n) is 6.02. The molecule has 0 fully saturated rings. The normalized spacial score (nSPS) is 12.1. The number of benzene rings is 1. The second kappa shape index (κ2) is 5.49. The monoisotopic (exact) mass is 243 g/mol. The van der Waals surface area contributed by atoms with E-state index < -0.39 is 0 Å². The summed E-state index contributed by atoms with van der Waals surface area (Å²) in [5, 5.41) is 9.56. The molecule has 1 unspecified atom stereocenters. The minimum Gasteiger partial charge on any atom is -0.309 e. The molecule has 1 aromatic heterocycles. The molecule has 2 rings (SSSR count). The van der Waals surface area contributed by atoms with Crippen LogP contribution in [0.2, 0.25) is 0 Å². The van der Waals surface area contributed by atoms with Gasteiger partial charge in [-0.15, -0.1) is 0 Å². The number of hydrogen-bond acceptors (Lipinski definition) is 2. The number of anilines is 1. The lowest BCUT2D eigenvalue weighted by Crippen LogP contribution is -2.14. The van der Waals surface area contributed by atoms with Crippen LogP contribution in [0, 0.1) is 6.92 Å². The smallest absolute Gasteiger partial charge is 0.226 e. The summed E-state index contributed by atoms with van der Waals surface area (Å²) >= 11 is 0. The van der Waals surface area contributed by atoms with E-state index in [-0.39, 0.29) is 11.8 Å². The molecule has 0 aliphatic rings. The van der Waals surface area contributed by atoms with Crippen molar-refractivity contribution in [1.82, 2.24) is 10.2 Å². The summed E-state index contributed by atoms with van der Waals surface area (Å²) in [5.74, 6) is 0.766. The van der Waals surface area contributed by atoms with Crippen molar-refractivity contribution in [2.45, 2.75) is 26.2 Å². The van der Waals surface area contributed by atoms with Crippen molar-refractivity contribution in [1.29, 1.82) is 0 Å². The van der Waals surface area contributed by atoms with E-state index in [2.05, 4.69) is 15.5 Å². The molecule has 0 saturated carbocycles. The third-order valence-corrected chi connectivity index (χ3v) is 2.83. The Morgan fingerprint density at radius 3 is 2.72 bits per heavy atom. The van der Waals surface area contributed by atoms with Crippen LogP contribution in [0.25, 0.3) is 0 Å². The molecule has 0 radical (unpaired) electrons. The van der Waals surface area contributed by atoms with Crippen molar-refractivity contribution in [2.24, 2.45) is 0 Å². The molecule has 94 valence electrons. The van der Waals surface area contributed by atoms with Crippen molar-refractivity contribution in [3.05, 3.63) is 47.7 Å². The van der Waals surface area contributed by atoms with E-state index in [1.807, 2.05) is 50.2 Å². The number of H-pyrrole nitrogens is 1. The van der Waals surface area contributed by atoms with E-state index >= 15 is 0 Å². The molecule has 1 heterocycles. The van der Waals surface area contributed by atoms with Crippen LogP contribution < -0.4 is 5.32 Å². The van der Waals surface area contributed by atoms with Gasteiger partial charge >= 0.3 is 0 Å². The Morgan fingerprint density at radius 1 is 1.39 bits per heavy atom. The maximum Gasteiger partial charge on any atom is 0.226 e. The maximum atomic E-state index is 11.8. The minimum atomic E-state index is -0.0159. The van der Waals surface area contributed by atoms with E-state index in [0.717, 1.165) is 5.69 Å². The maximum absolute atomic E-state index is 11.8. The highest BCUT2D eigenvalue weighted by atomic mass is 16.1. The van der Waals surface area contributed by atoms with Gasteiger partial charge in [0.2, 0.25) is 5.91 Å². The molecule has 0 aliphatic carbocycles. The summed E-state index contributed by atoms with van der Waals surface area (Å²) < 4.78 is 0. The number of aryl methyl sites for hydroxylation is 1. The number of aromatic amines is 1. The lowest BCUT2D eigenvalue weighted by atomic mass is 9.98. The Balaban J connectivity index is 1.92. The molecule has 0 bridgehead atoms. The van der Waals surface area contributed by atoms with Crippen molar-refractivity contribution in [2.75, 3.05) is 5.32 Å². The summed E-state index contributed by atoms with van der Waals surface area (Å²) in [4.78, 5) is 11.8. The highest BCUT2D eigenvalue weighted by Crippen LogP contribution is 2.19. The van der Waals surface area contributed by atoms with E-state index in [1.165, 1.54) is 5.56 Å². The van der Waals surface area contributed by atoms with Gasteiger partial charge in [0.1, 0.15) is 0 Å². The fraction of sp³-hybridized carbons (Fsp3) is 0.286. The van der Waals surface area contributed by atoms with Gasteiger partial charge in [-0.25, -0.2) is 0 Å². The average Bonchev–Trinajstić information content (AvgIpc) is 2.75. The van der Waals surface area contributed by atoms with Crippen LogP contribution in [-0.2, 0) is 4.79 Å². The largest absolute Gasteiger partial charge is 0.309 e. The fourth-order valence-electron chi connectivity index (χ4n) is 1.85. The van der Waals surface area contributed by atoms with E-state index in [0.29, 0.717) is 12.2 Å². The van der Waals surface area contributed by atoms with Gasteiger partial charge in [0.15, 0.2) is 5.82 Å². The van der Waals surface area contributed by atoms with Crippen molar-refractivity contribution < 1.29 is 4.79 Å². The number of carbonyl (C=O) groups is 1. The molecule has 2 N–H and O–H groups in total. The molecule has 4 nitrogen and oxygen atoms in total. The summed E-state index contributed by atoms with van der Waals surface area (Å²) in [6, 6.07) is 11.8. The van der Waals surface area contributed by atoms with Crippen LogP contribution >= 0.6 is 0 Å². The Kier molecular flexibility index (Phi) is 3.77. The van der Waals surface area contributed by atoms with Gasteiger partial charge in [-0.3, -0.25) is 9.89 Å². The van der Waals surface area contributed by atoms with Crippen LogP contribution in [0.4, 0.5) is 5.82 Å². The highest BCUT2D eigenvalue weighted by molar-refractivity contribution is 5.90. The fourth-order valence-corrected chi connectivity index (χ4v) is 1.85. The Labute approximate surface area is 106 Å². The number of carbonyl (C=O) groups excluding carboxylic acids is 1. The van der Waals surface area contributed by atoms with Crippen molar-refractivity contribution in [3.8, 4) is 0 Å². The lowest BCUT2D eigenvalue weighted by molar-refractivity contribution is -0.116. The number of aromatic nitrogens is 2. The molecule has 0 saturated heterocycles. The molecule has 0 spiro atoms. The molecule has 4 heteroatoms. The third-order valence-electron chi connectivity index (χ3n) is 2.83. The molecule has 0 aliphatic heterocycles. The highest BCUT2D eigenvalue weighted by Gasteiger charge is 2.11. The van der Waals surface area contributed by atoms with Crippen molar-refractivity contribution >= 4 is 11.7 Å². The van der Waals surface area contributed by atoms with Gasteiger partial charge in [0.05, 0.1) is 0 Å². The molecular formula is C14H17N3O. The van der Waals surface area contributed by atoms with Gasteiger partial charge in [-0.05, 0) is 18.4 Å². The first kappa shape index (κ1) is 12.4. The summed E-state index contributed by atoms with van der Waals surface area (Å²) in [7, 11) is 0. The topological polar surface area (TPSA) is 57.8 Å². The first-order chi connectivity index (χ1) is 8.65. The van der Waals surface area contributed by atoms with Crippen LogP contribution in [0.5, 0.6) is 0 Å². The molecule has 1 aromatic carbocycles. The minimum absolute atomic E-state index is 0.0159. The Morgan fingerprint density at radius 2 is 2.11 bits per heavy atom. The number of hydrogen-bond donors (Lipinski definition) is 2. The van der Waals surface area contributed by atoms with Gasteiger partial charge in [-0.2, -0.15) is 5.10 Å². The zero-order valence-corrected chi connectivity index (χ0v) is 10.6. The number of nitrogens with one attached hydrogen (secondary N) is 2. The van der Waals surface area contributed by atoms with Gasteiger partial charge < -0.3 is 5.32 Å². The zero-order chi connectivity index (χ0) is 13.0. The van der Waals surface area contributed by atoms with E-state index in [4.69, 9.17) is 0 Å². The average molecular weight is 243 g/mol. The van der Waals surface area contributed by atoms with Gasteiger partial charge in [0, 0.05) is 18.2 Å². The quantitative estimate of drug-likeness (QED) is 0.867. The Bertz CT molecular complexity index is 519. The zero-order valence-electron chi connectivity index (χ0n) is 10.6. The van der Waals surface area contributed by atoms with E-state index in [9.17, 15) is 4.79 Å². The molecular weight excluding hydrogens is 226 g/mol. The summed E-state index contributed by atoms with van der Waals surface area (Å²) in [6.07, 6.45) is 0.454. The lowest BCUT2D eigenvalue weighted by Gasteiger charge is -2.10. The molecule has 2 aromatic rings. The van der Waals surface area contributed by atoms with Gasteiger partial charge in [-0.1, -0.05) is 37.3 Å². The van der Waals surface area contributed by atoms with Crippen LogP contribution in [0.15, 0.2) is 36.4 Å². The summed E-state index contributed by atoms with van der Waals surface area (Å²) in [6.45, 7) is 3.94. The second-order valence-electron chi connectivity index (χ2n) is 4.50. The van der Waals surface area contributed by atoms with E-state index in [1.54, 1.807) is 0 Å². The van der Waals surface area contributed by atoms with Crippen LogP contribution in [0.1, 0.15) is 30.5 Å². The number of amides is 1. The second-order valence-corrected chi connectivity index (χ2v) is 4.50. The number of rotatable bonds is 4. The first-order valence-corrected chi connectivity index (χ1v) is 6.02. The standard InChI is InChI=1S/C14H17N3O/c1-10(12-6-4-3-5-7-12)8-14(18)15-13-9-11(2)16-17-13/h3-7,9-10H,8H2,1-2H3,(H2,15,16,17,18). The molecule has 18 heavy (non-hydrogen) atoms.